The van der Waals surface area contributed by atoms with Crippen molar-refractivity contribution >= 4 is 17.4 Å². The first kappa shape index (κ1) is 14.9. The molecule has 1 unspecified atom stereocenters. The van der Waals surface area contributed by atoms with Gasteiger partial charge in [-0.1, -0.05) is 23.7 Å². The number of anilines is 1. The summed E-state index contributed by atoms with van der Waals surface area (Å²) in [6.07, 6.45) is 1.98. The van der Waals surface area contributed by atoms with Crippen LogP contribution in [-0.4, -0.2) is 24.6 Å². The number of hydrogen-bond acceptors (Lipinski definition) is 3. The molecule has 1 N–H and O–H groups in total. The van der Waals surface area contributed by atoms with Gasteiger partial charge < -0.3 is 10.2 Å². The summed E-state index contributed by atoms with van der Waals surface area (Å²) in [7, 11) is 0. The maximum absolute atomic E-state index is 14.1. The molecule has 1 saturated heterocycles. The van der Waals surface area contributed by atoms with Crippen molar-refractivity contribution in [2.75, 3.05) is 24.5 Å². The number of hydrogen-bond donors (Lipinski definition) is 1. The summed E-state index contributed by atoms with van der Waals surface area (Å²) in [6, 6.07) is 9.28. The number of nitrogens with one attached hydrogen (secondary N) is 1. The van der Waals surface area contributed by atoms with E-state index in [1.54, 1.807) is 6.07 Å². The monoisotopic (exact) mass is 331 g/mol. The molecular weight excluding hydrogens is 313 g/mol. The molecule has 0 saturated carbocycles. The van der Waals surface area contributed by atoms with Crippen molar-refractivity contribution in [3.8, 4) is 0 Å². The smallest absolute Gasteiger partial charge is 0.128 e. The minimum atomic E-state index is -0.202. The third-order valence-corrected chi connectivity index (χ3v) is 5.07. The summed E-state index contributed by atoms with van der Waals surface area (Å²) in [4.78, 5) is 7.07. The van der Waals surface area contributed by atoms with E-state index in [0.717, 1.165) is 56.1 Å². The Bertz CT molecular complexity index is 734. The first-order valence-corrected chi connectivity index (χ1v) is 8.48. The van der Waals surface area contributed by atoms with Crippen molar-refractivity contribution in [2.45, 2.75) is 25.3 Å². The van der Waals surface area contributed by atoms with Crippen molar-refractivity contribution in [1.82, 2.24) is 10.3 Å². The van der Waals surface area contributed by atoms with E-state index < -0.39 is 0 Å². The summed E-state index contributed by atoms with van der Waals surface area (Å²) < 4.78 is 14.1. The van der Waals surface area contributed by atoms with E-state index in [4.69, 9.17) is 16.6 Å². The van der Waals surface area contributed by atoms with Crippen LogP contribution in [0, 0.1) is 5.82 Å². The number of rotatable bonds is 2. The zero-order chi connectivity index (χ0) is 15.8. The molecule has 0 amide bonds. The summed E-state index contributed by atoms with van der Waals surface area (Å²) in [6.45, 7) is 3.58. The van der Waals surface area contributed by atoms with Gasteiger partial charge in [-0.2, -0.15) is 0 Å². The molecular formula is C18H19ClFN3. The van der Waals surface area contributed by atoms with E-state index in [1.807, 2.05) is 6.07 Å². The molecule has 4 rings (SSSR count). The zero-order valence-corrected chi connectivity index (χ0v) is 13.6. The highest BCUT2D eigenvalue weighted by atomic mass is 35.5. The molecule has 2 aliphatic heterocycles. The number of pyridine rings is 1. The molecule has 5 heteroatoms. The molecule has 1 aromatic heterocycles. The fraction of sp³-hybridized carbons (Fsp3) is 0.389. The first-order chi connectivity index (χ1) is 11.2. The Kier molecular flexibility index (Phi) is 3.95. The van der Waals surface area contributed by atoms with Gasteiger partial charge in [-0.3, -0.25) is 0 Å². The van der Waals surface area contributed by atoms with E-state index in [1.165, 1.54) is 11.6 Å². The molecule has 1 aromatic carbocycles. The lowest BCUT2D eigenvalue weighted by atomic mass is 9.98. The van der Waals surface area contributed by atoms with Crippen molar-refractivity contribution in [3.05, 3.63) is 58.0 Å². The average Bonchev–Trinajstić information content (AvgIpc) is 3.04. The molecule has 1 fully saturated rings. The van der Waals surface area contributed by atoms with Gasteiger partial charge in [0.25, 0.3) is 0 Å². The predicted molar refractivity (Wildman–Crippen MR) is 90.6 cm³/mol. The molecule has 1 atom stereocenters. The number of nitrogens with zero attached hydrogens (tertiary/aromatic N) is 2. The lowest BCUT2D eigenvalue weighted by molar-refractivity contribution is 0.589. The second kappa shape index (κ2) is 6.10. The Balaban J connectivity index is 1.54. The van der Waals surface area contributed by atoms with Gasteiger partial charge in [0.05, 0.1) is 5.69 Å². The maximum atomic E-state index is 14.1. The second-order valence-electron chi connectivity index (χ2n) is 6.30. The van der Waals surface area contributed by atoms with Crippen LogP contribution in [-0.2, 0) is 13.0 Å². The highest BCUT2D eigenvalue weighted by Crippen LogP contribution is 2.32. The van der Waals surface area contributed by atoms with Crippen LogP contribution < -0.4 is 10.2 Å². The largest absolute Gasteiger partial charge is 0.356 e. The summed E-state index contributed by atoms with van der Waals surface area (Å²) in [5, 5.41) is 3.81. The molecule has 3 heterocycles. The first-order valence-electron chi connectivity index (χ1n) is 8.10. The Labute approximate surface area is 140 Å². The van der Waals surface area contributed by atoms with Crippen molar-refractivity contribution in [2.24, 2.45) is 0 Å². The standard InChI is InChI=1S/C18H19ClFN3/c19-14-2-3-15(16(20)9-14)13-6-8-23(11-13)18-4-1-12-5-7-21-10-17(12)22-18/h1-4,9,13,21H,5-8,10-11H2. The molecule has 23 heavy (non-hydrogen) atoms. The second-order valence-corrected chi connectivity index (χ2v) is 6.74. The quantitative estimate of drug-likeness (QED) is 0.912. The predicted octanol–water partition coefficient (Wildman–Crippen LogP) is 3.51. The maximum Gasteiger partial charge on any atom is 0.128 e. The fourth-order valence-electron chi connectivity index (χ4n) is 3.56. The molecule has 120 valence electrons. The van der Waals surface area contributed by atoms with Crippen LogP contribution in [0.15, 0.2) is 30.3 Å². The van der Waals surface area contributed by atoms with Gasteiger partial charge in [0, 0.05) is 30.6 Å². The summed E-state index contributed by atoms with van der Waals surface area (Å²) >= 11 is 5.85. The van der Waals surface area contributed by atoms with E-state index in [-0.39, 0.29) is 11.7 Å². The summed E-state index contributed by atoms with van der Waals surface area (Å²) in [5.41, 5.74) is 3.25. The topological polar surface area (TPSA) is 28.2 Å². The number of fused-ring (bicyclic) bond motifs is 1. The van der Waals surface area contributed by atoms with Crippen LogP contribution in [0.4, 0.5) is 10.2 Å². The fourth-order valence-corrected chi connectivity index (χ4v) is 3.72. The van der Waals surface area contributed by atoms with Gasteiger partial charge in [0.1, 0.15) is 11.6 Å². The van der Waals surface area contributed by atoms with Gasteiger partial charge in [0.15, 0.2) is 0 Å². The SMILES string of the molecule is Fc1cc(Cl)ccc1C1CCN(c2ccc3c(n2)CNCC3)C1. The van der Waals surface area contributed by atoms with Crippen LogP contribution in [0.5, 0.6) is 0 Å². The molecule has 0 spiro atoms. The Morgan fingerprint density at radius 1 is 1.26 bits per heavy atom. The number of halogens is 2. The van der Waals surface area contributed by atoms with Crippen molar-refractivity contribution in [1.29, 1.82) is 0 Å². The van der Waals surface area contributed by atoms with Crippen molar-refractivity contribution < 1.29 is 4.39 Å². The molecule has 2 aliphatic rings. The highest BCUT2D eigenvalue weighted by molar-refractivity contribution is 6.30. The molecule has 3 nitrogen and oxygen atoms in total. The van der Waals surface area contributed by atoms with E-state index >= 15 is 0 Å². The lowest BCUT2D eigenvalue weighted by Crippen LogP contribution is -2.27. The van der Waals surface area contributed by atoms with Gasteiger partial charge in [0.2, 0.25) is 0 Å². The highest BCUT2D eigenvalue weighted by Gasteiger charge is 2.27. The van der Waals surface area contributed by atoms with Crippen LogP contribution in [0.25, 0.3) is 0 Å². The molecule has 2 aromatic rings. The molecule has 0 bridgehead atoms. The molecule has 0 aliphatic carbocycles. The lowest BCUT2D eigenvalue weighted by Gasteiger charge is -2.22. The minimum absolute atomic E-state index is 0.197. The van der Waals surface area contributed by atoms with E-state index in [2.05, 4.69) is 22.3 Å². The van der Waals surface area contributed by atoms with E-state index in [0.29, 0.717) is 5.02 Å². The number of aromatic nitrogens is 1. The Morgan fingerprint density at radius 3 is 3.04 bits per heavy atom. The van der Waals surface area contributed by atoms with Gasteiger partial charge in [-0.25, -0.2) is 9.37 Å². The summed E-state index contributed by atoms with van der Waals surface area (Å²) in [5.74, 6) is 1.000. The Morgan fingerprint density at radius 2 is 2.17 bits per heavy atom. The van der Waals surface area contributed by atoms with Gasteiger partial charge in [-0.15, -0.1) is 0 Å². The number of benzene rings is 1. The average molecular weight is 332 g/mol. The van der Waals surface area contributed by atoms with Gasteiger partial charge >= 0.3 is 0 Å². The normalized spacial score (nSPS) is 20.6. The third-order valence-electron chi connectivity index (χ3n) is 4.83. The zero-order valence-electron chi connectivity index (χ0n) is 12.9. The van der Waals surface area contributed by atoms with Crippen LogP contribution in [0.2, 0.25) is 5.02 Å². The third kappa shape index (κ3) is 2.93. The van der Waals surface area contributed by atoms with Crippen LogP contribution in [0.3, 0.4) is 0 Å². The van der Waals surface area contributed by atoms with Gasteiger partial charge in [-0.05, 0) is 48.7 Å². The minimum Gasteiger partial charge on any atom is -0.356 e. The Hall–Kier alpha value is -1.65. The molecule has 0 radical (unpaired) electrons. The van der Waals surface area contributed by atoms with Crippen molar-refractivity contribution in [3.63, 3.8) is 0 Å². The van der Waals surface area contributed by atoms with Crippen LogP contribution >= 0.6 is 11.6 Å². The van der Waals surface area contributed by atoms with Crippen LogP contribution in [0.1, 0.15) is 29.2 Å². The van der Waals surface area contributed by atoms with E-state index in [9.17, 15) is 4.39 Å².